The standard InChI is InChI=1S/C13H15Cl2NO3/c1-7(13(18)19)8(2)16-12(17)6-9-10(14)4-3-5-11(9)15/h3-5,7-8H,6H2,1-2H3,(H,16,17)(H,18,19). The number of benzene rings is 1. The van der Waals surface area contributed by atoms with Crippen molar-refractivity contribution in [3.8, 4) is 0 Å². The first-order valence-corrected chi connectivity index (χ1v) is 6.53. The number of carbonyl (C=O) groups excluding carboxylic acids is 1. The van der Waals surface area contributed by atoms with E-state index in [0.717, 1.165) is 0 Å². The summed E-state index contributed by atoms with van der Waals surface area (Å²) in [5, 5.41) is 12.3. The van der Waals surface area contributed by atoms with Gasteiger partial charge in [0.1, 0.15) is 0 Å². The highest BCUT2D eigenvalue weighted by molar-refractivity contribution is 6.36. The van der Waals surface area contributed by atoms with Crippen molar-refractivity contribution in [2.75, 3.05) is 0 Å². The molecule has 0 aliphatic rings. The lowest BCUT2D eigenvalue weighted by molar-refractivity contribution is -0.142. The predicted molar refractivity (Wildman–Crippen MR) is 74.6 cm³/mol. The maximum atomic E-state index is 11.8. The third-order valence-electron chi connectivity index (χ3n) is 2.93. The summed E-state index contributed by atoms with van der Waals surface area (Å²) in [6.45, 7) is 3.18. The second kappa shape index (κ2) is 6.78. The Labute approximate surface area is 121 Å². The smallest absolute Gasteiger partial charge is 0.308 e. The molecule has 1 aromatic carbocycles. The maximum absolute atomic E-state index is 11.8. The first-order valence-electron chi connectivity index (χ1n) is 5.78. The van der Waals surface area contributed by atoms with Crippen molar-refractivity contribution in [1.29, 1.82) is 0 Å². The molecule has 19 heavy (non-hydrogen) atoms. The minimum atomic E-state index is -0.955. The Kier molecular flexibility index (Phi) is 5.63. The molecular formula is C13H15Cl2NO3. The van der Waals surface area contributed by atoms with Gasteiger partial charge >= 0.3 is 5.97 Å². The number of halogens is 2. The van der Waals surface area contributed by atoms with Gasteiger partial charge in [0.15, 0.2) is 0 Å². The van der Waals surface area contributed by atoms with Gasteiger partial charge in [0.25, 0.3) is 0 Å². The summed E-state index contributed by atoms with van der Waals surface area (Å²) in [7, 11) is 0. The number of carboxylic acid groups (broad SMARTS) is 1. The Balaban J connectivity index is 2.68. The summed E-state index contributed by atoms with van der Waals surface area (Å²) in [5.41, 5.74) is 0.540. The lowest BCUT2D eigenvalue weighted by Gasteiger charge is -2.18. The van der Waals surface area contributed by atoms with Crippen molar-refractivity contribution in [3.63, 3.8) is 0 Å². The Bertz CT molecular complexity index is 471. The molecule has 1 aromatic rings. The van der Waals surface area contributed by atoms with Gasteiger partial charge in [-0.3, -0.25) is 9.59 Å². The van der Waals surface area contributed by atoms with Gasteiger partial charge in [-0.05, 0) is 31.5 Å². The van der Waals surface area contributed by atoms with E-state index < -0.39 is 17.9 Å². The Morgan fingerprint density at radius 3 is 2.26 bits per heavy atom. The number of rotatable bonds is 5. The summed E-state index contributed by atoms with van der Waals surface area (Å²) in [4.78, 5) is 22.6. The van der Waals surface area contributed by atoms with Gasteiger partial charge in [-0.2, -0.15) is 0 Å². The van der Waals surface area contributed by atoms with E-state index >= 15 is 0 Å². The van der Waals surface area contributed by atoms with Crippen LogP contribution in [0.4, 0.5) is 0 Å². The molecule has 2 unspecified atom stereocenters. The van der Waals surface area contributed by atoms with Crippen LogP contribution < -0.4 is 5.32 Å². The summed E-state index contributed by atoms with van der Waals surface area (Å²) in [6.07, 6.45) is 0.0230. The predicted octanol–water partition coefficient (Wildman–Crippen LogP) is 2.76. The SMILES string of the molecule is CC(NC(=O)Cc1c(Cl)cccc1Cl)C(C)C(=O)O. The van der Waals surface area contributed by atoms with E-state index in [1.54, 1.807) is 25.1 Å². The third kappa shape index (κ3) is 4.40. The second-order valence-electron chi connectivity index (χ2n) is 4.36. The zero-order chi connectivity index (χ0) is 14.6. The number of amides is 1. The third-order valence-corrected chi connectivity index (χ3v) is 3.64. The summed E-state index contributed by atoms with van der Waals surface area (Å²) < 4.78 is 0. The molecule has 0 aliphatic carbocycles. The van der Waals surface area contributed by atoms with E-state index in [1.165, 1.54) is 6.92 Å². The van der Waals surface area contributed by atoms with Crippen molar-refractivity contribution >= 4 is 35.1 Å². The molecule has 4 nitrogen and oxygen atoms in total. The monoisotopic (exact) mass is 303 g/mol. The van der Waals surface area contributed by atoms with Crippen LogP contribution in [0.5, 0.6) is 0 Å². The minimum absolute atomic E-state index is 0.0230. The molecule has 0 radical (unpaired) electrons. The highest BCUT2D eigenvalue weighted by Gasteiger charge is 2.21. The van der Waals surface area contributed by atoms with Crippen molar-refractivity contribution in [1.82, 2.24) is 5.32 Å². The summed E-state index contributed by atoms with van der Waals surface area (Å²) in [5.74, 6) is -1.93. The number of aliphatic carboxylic acids is 1. The van der Waals surface area contributed by atoms with Gasteiger partial charge in [-0.25, -0.2) is 0 Å². The van der Waals surface area contributed by atoms with Crippen molar-refractivity contribution in [2.45, 2.75) is 26.3 Å². The van der Waals surface area contributed by atoms with E-state index in [4.69, 9.17) is 28.3 Å². The Hall–Kier alpha value is -1.26. The molecule has 2 N–H and O–H groups in total. The number of carboxylic acids is 1. The van der Waals surface area contributed by atoms with Gasteiger partial charge < -0.3 is 10.4 Å². The molecule has 1 amide bonds. The average molecular weight is 304 g/mol. The molecule has 0 fully saturated rings. The first-order chi connectivity index (χ1) is 8.82. The van der Waals surface area contributed by atoms with Gasteiger partial charge in [-0.1, -0.05) is 29.3 Å². The zero-order valence-corrected chi connectivity index (χ0v) is 12.1. The first kappa shape index (κ1) is 15.8. The molecule has 104 valence electrons. The van der Waals surface area contributed by atoms with Crippen LogP contribution >= 0.6 is 23.2 Å². The Morgan fingerprint density at radius 2 is 1.79 bits per heavy atom. The van der Waals surface area contributed by atoms with E-state index in [1.807, 2.05) is 0 Å². The van der Waals surface area contributed by atoms with Crippen LogP contribution in [0.2, 0.25) is 10.0 Å². The van der Waals surface area contributed by atoms with Crippen LogP contribution in [-0.2, 0) is 16.0 Å². The molecule has 0 saturated carbocycles. The van der Waals surface area contributed by atoms with Crippen molar-refractivity contribution < 1.29 is 14.7 Å². The molecule has 0 aliphatic heterocycles. The quantitative estimate of drug-likeness (QED) is 0.879. The van der Waals surface area contributed by atoms with E-state index in [0.29, 0.717) is 15.6 Å². The maximum Gasteiger partial charge on any atom is 0.308 e. The number of nitrogens with one attached hydrogen (secondary N) is 1. The summed E-state index contributed by atoms with van der Waals surface area (Å²) in [6, 6.07) is 4.53. The molecule has 0 spiro atoms. The molecule has 0 heterocycles. The van der Waals surface area contributed by atoms with Crippen LogP contribution in [0.25, 0.3) is 0 Å². The fraction of sp³-hybridized carbons (Fsp3) is 0.385. The van der Waals surface area contributed by atoms with Gasteiger partial charge in [0, 0.05) is 16.1 Å². The highest BCUT2D eigenvalue weighted by Crippen LogP contribution is 2.24. The second-order valence-corrected chi connectivity index (χ2v) is 5.17. The molecule has 0 aromatic heterocycles. The molecule has 2 atom stereocenters. The molecule has 1 rings (SSSR count). The van der Waals surface area contributed by atoms with E-state index in [9.17, 15) is 9.59 Å². The van der Waals surface area contributed by atoms with Crippen LogP contribution in [0.15, 0.2) is 18.2 Å². The Morgan fingerprint density at radius 1 is 1.26 bits per heavy atom. The number of hydrogen-bond donors (Lipinski definition) is 2. The van der Waals surface area contributed by atoms with E-state index in [-0.39, 0.29) is 12.3 Å². The lowest BCUT2D eigenvalue weighted by atomic mass is 10.0. The summed E-state index contributed by atoms with van der Waals surface area (Å²) >= 11 is 11.9. The van der Waals surface area contributed by atoms with Crippen LogP contribution in [-0.4, -0.2) is 23.0 Å². The number of hydrogen-bond acceptors (Lipinski definition) is 2. The van der Waals surface area contributed by atoms with Crippen molar-refractivity contribution in [2.24, 2.45) is 5.92 Å². The molecular weight excluding hydrogens is 289 g/mol. The minimum Gasteiger partial charge on any atom is -0.481 e. The normalized spacial score (nSPS) is 13.7. The lowest BCUT2D eigenvalue weighted by Crippen LogP contribution is -2.40. The van der Waals surface area contributed by atoms with Gasteiger partial charge in [0.05, 0.1) is 12.3 Å². The average Bonchev–Trinajstić information content (AvgIpc) is 2.32. The van der Waals surface area contributed by atoms with Crippen LogP contribution in [0.3, 0.4) is 0 Å². The molecule has 0 saturated heterocycles. The van der Waals surface area contributed by atoms with E-state index in [2.05, 4.69) is 5.32 Å². The topological polar surface area (TPSA) is 66.4 Å². The number of carbonyl (C=O) groups is 2. The highest BCUT2D eigenvalue weighted by atomic mass is 35.5. The largest absolute Gasteiger partial charge is 0.481 e. The van der Waals surface area contributed by atoms with Gasteiger partial charge in [-0.15, -0.1) is 0 Å². The van der Waals surface area contributed by atoms with Crippen LogP contribution in [0.1, 0.15) is 19.4 Å². The van der Waals surface area contributed by atoms with Crippen LogP contribution in [0, 0.1) is 5.92 Å². The molecule has 6 heteroatoms. The van der Waals surface area contributed by atoms with Gasteiger partial charge in [0.2, 0.25) is 5.91 Å². The fourth-order valence-corrected chi connectivity index (χ4v) is 2.04. The molecule has 0 bridgehead atoms. The van der Waals surface area contributed by atoms with Crippen molar-refractivity contribution in [3.05, 3.63) is 33.8 Å². The fourth-order valence-electron chi connectivity index (χ4n) is 1.51. The zero-order valence-electron chi connectivity index (χ0n) is 10.6.